The smallest absolute Gasteiger partial charge is 0.317 e. The van der Waals surface area contributed by atoms with Crippen molar-refractivity contribution < 1.29 is 13.9 Å². The number of nitrogens with zero attached hydrogens (tertiary/aromatic N) is 2. The van der Waals surface area contributed by atoms with Gasteiger partial charge in [-0.2, -0.15) is 0 Å². The summed E-state index contributed by atoms with van der Waals surface area (Å²) in [7, 11) is 0. The van der Waals surface area contributed by atoms with Gasteiger partial charge < -0.3 is 19.9 Å². The molecule has 27 heavy (non-hydrogen) atoms. The summed E-state index contributed by atoms with van der Waals surface area (Å²) in [6.07, 6.45) is 0. The largest absolute Gasteiger partial charge is 0.491 e. The van der Waals surface area contributed by atoms with E-state index in [2.05, 4.69) is 5.32 Å². The fourth-order valence-corrected chi connectivity index (χ4v) is 3.17. The number of ether oxygens (including phenoxy) is 1. The first-order valence-corrected chi connectivity index (χ1v) is 9.27. The Labute approximate surface area is 159 Å². The third-order valence-electron chi connectivity index (χ3n) is 4.95. The van der Waals surface area contributed by atoms with Gasteiger partial charge in [0.2, 0.25) is 0 Å². The minimum Gasteiger partial charge on any atom is -0.491 e. The van der Waals surface area contributed by atoms with Gasteiger partial charge >= 0.3 is 6.03 Å². The molecule has 0 unspecified atom stereocenters. The average molecular weight is 371 g/mol. The van der Waals surface area contributed by atoms with Gasteiger partial charge in [-0.1, -0.05) is 24.3 Å². The van der Waals surface area contributed by atoms with Crippen molar-refractivity contribution in [3.05, 3.63) is 59.4 Å². The van der Waals surface area contributed by atoms with Gasteiger partial charge in [-0.25, -0.2) is 9.18 Å². The molecule has 3 rings (SSSR count). The maximum atomic E-state index is 13.9. The van der Waals surface area contributed by atoms with Gasteiger partial charge in [0.15, 0.2) is 0 Å². The van der Waals surface area contributed by atoms with E-state index < -0.39 is 0 Å². The zero-order valence-corrected chi connectivity index (χ0v) is 15.9. The Bertz CT molecular complexity index is 789. The average Bonchev–Trinajstić information content (AvgIpc) is 2.68. The molecule has 0 atom stereocenters. The molecular weight excluding hydrogens is 345 g/mol. The number of benzene rings is 2. The Kier molecular flexibility index (Phi) is 6.16. The lowest BCUT2D eigenvalue weighted by Gasteiger charge is -2.36. The number of nitrogens with one attached hydrogen (secondary N) is 1. The molecule has 0 aromatic heterocycles. The van der Waals surface area contributed by atoms with Crippen molar-refractivity contribution in [3.8, 4) is 5.75 Å². The van der Waals surface area contributed by atoms with E-state index in [-0.39, 0.29) is 11.8 Å². The molecule has 2 amide bonds. The highest BCUT2D eigenvalue weighted by Gasteiger charge is 2.22. The minimum absolute atomic E-state index is 0.104. The summed E-state index contributed by atoms with van der Waals surface area (Å²) < 4.78 is 19.6. The van der Waals surface area contributed by atoms with Crippen LogP contribution in [-0.4, -0.2) is 50.3 Å². The summed E-state index contributed by atoms with van der Waals surface area (Å²) in [5.41, 5.74) is 2.90. The molecule has 0 bridgehead atoms. The van der Waals surface area contributed by atoms with E-state index >= 15 is 0 Å². The number of carbonyl (C=O) groups excluding carboxylic acids is 1. The fourth-order valence-electron chi connectivity index (χ4n) is 3.17. The predicted octanol–water partition coefficient (Wildman–Crippen LogP) is 3.35. The SMILES string of the molecule is Cc1cccc(OCCNC(=O)N2CCN(c3ccccc3F)CC2)c1C. The van der Waals surface area contributed by atoms with E-state index in [4.69, 9.17) is 4.74 Å². The van der Waals surface area contributed by atoms with Crippen LogP contribution in [0.4, 0.5) is 14.9 Å². The zero-order chi connectivity index (χ0) is 19.2. The topological polar surface area (TPSA) is 44.8 Å². The molecule has 1 fully saturated rings. The van der Waals surface area contributed by atoms with Crippen LogP contribution >= 0.6 is 0 Å². The van der Waals surface area contributed by atoms with Crippen LogP contribution in [-0.2, 0) is 0 Å². The molecule has 0 spiro atoms. The van der Waals surface area contributed by atoms with Crippen LogP contribution in [0.3, 0.4) is 0 Å². The highest BCUT2D eigenvalue weighted by atomic mass is 19.1. The monoisotopic (exact) mass is 371 g/mol. The summed E-state index contributed by atoms with van der Waals surface area (Å²) in [5, 5.41) is 2.89. The summed E-state index contributed by atoms with van der Waals surface area (Å²) >= 11 is 0. The van der Waals surface area contributed by atoms with Gasteiger partial charge in [-0.05, 0) is 43.2 Å². The number of urea groups is 1. The molecule has 5 nitrogen and oxygen atoms in total. The Morgan fingerprint density at radius 3 is 2.56 bits per heavy atom. The first-order valence-electron chi connectivity index (χ1n) is 9.27. The summed E-state index contributed by atoms with van der Waals surface area (Å²) in [6.45, 7) is 7.31. The number of hydrogen-bond donors (Lipinski definition) is 1. The molecule has 1 aliphatic rings. The number of hydrogen-bond acceptors (Lipinski definition) is 3. The van der Waals surface area contributed by atoms with Crippen molar-refractivity contribution in [1.29, 1.82) is 0 Å². The Morgan fingerprint density at radius 2 is 1.81 bits per heavy atom. The molecule has 0 aliphatic carbocycles. The molecule has 0 radical (unpaired) electrons. The Hall–Kier alpha value is -2.76. The van der Waals surface area contributed by atoms with Crippen molar-refractivity contribution in [2.75, 3.05) is 44.2 Å². The molecule has 1 aliphatic heterocycles. The number of anilines is 1. The number of piperazine rings is 1. The fraction of sp³-hybridized carbons (Fsp3) is 0.381. The van der Waals surface area contributed by atoms with Crippen LogP contribution in [0, 0.1) is 19.7 Å². The van der Waals surface area contributed by atoms with E-state index in [9.17, 15) is 9.18 Å². The van der Waals surface area contributed by atoms with Crippen molar-refractivity contribution in [2.24, 2.45) is 0 Å². The Balaban J connectivity index is 1.41. The molecule has 0 saturated carbocycles. The molecule has 144 valence electrons. The van der Waals surface area contributed by atoms with Crippen molar-refractivity contribution in [1.82, 2.24) is 10.2 Å². The Morgan fingerprint density at radius 1 is 1.07 bits per heavy atom. The van der Waals surface area contributed by atoms with Crippen LogP contribution in [0.1, 0.15) is 11.1 Å². The summed E-state index contributed by atoms with van der Waals surface area (Å²) in [5.74, 6) is 0.627. The number of halogens is 1. The van der Waals surface area contributed by atoms with Crippen molar-refractivity contribution in [2.45, 2.75) is 13.8 Å². The number of carbonyl (C=O) groups is 1. The molecule has 1 N–H and O–H groups in total. The molecule has 2 aromatic rings. The zero-order valence-electron chi connectivity index (χ0n) is 15.9. The van der Waals surface area contributed by atoms with Crippen LogP contribution in [0.2, 0.25) is 0 Å². The second kappa shape index (κ2) is 8.75. The van der Waals surface area contributed by atoms with Gasteiger partial charge in [-0.3, -0.25) is 0 Å². The normalized spacial score (nSPS) is 14.2. The molecular formula is C21H26FN3O2. The lowest BCUT2D eigenvalue weighted by molar-refractivity contribution is 0.191. The summed E-state index contributed by atoms with van der Waals surface area (Å²) in [6, 6.07) is 12.6. The first kappa shape index (κ1) is 19.0. The van der Waals surface area contributed by atoms with E-state index in [1.54, 1.807) is 17.0 Å². The van der Waals surface area contributed by atoms with Crippen LogP contribution in [0.25, 0.3) is 0 Å². The number of rotatable bonds is 5. The van der Waals surface area contributed by atoms with Crippen LogP contribution in [0.15, 0.2) is 42.5 Å². The molecule has 2 aromatic carbocycles. The lowest BCUT2D eigenvalue weighted by Crippen LogP contribution is -2.52. The molecule has 1 heterocycles. The number of amides is 2. The second-order valence-corrected chi connectivity index (χ2v) is 6.70. The third kappa shape index (κ3) is 4.70. The van der Waals surface area contributed by atoms with Gasteiger partial charge in [-0.15, -0.1) is 0 Å². The minimum atomic E-state index is -0.223. The molecule has 6 heteroatoms. The van der Waals surface area contributed by atoms with Crippen molar-refractivity contribution >= 4 is 11.7 Å². The van der Waals surface area contributed by atoms with E-state index in [0.29, 0.717) is 45.0 Å². The maximum absolute atomic E-state index is 13.9. The van der Waals surface area contributed by atoms with Crippen LogP contribution < -0.4 is 15.0 Å². The summed E-state index contributed by atoms with van der Waals surface area (Å²) in [4.78, 5) is 16.0. The van der Waals surface area contributed by atoms with Crippen LogP contribution in [0.5, 0.6) is 5.75 Å². The number of aryl methyl sites for hydroxylation is 1. The van der Waals surface area contributed by atoms with Gasteiger partial charge in [0.25, 0.3) is 0 Å². The highest BCUT2D eigenvalue weighted by Crippen LogP contribution is 2.21. The quantitative estimate of drug-likeness (QED) is 0.820. The second-order valence-electron chi connectivity index (χ2n) is 6.70. The van der Waals surface area contributed by atoms with Gasteiger partial charge in [0.1, 0.15) is 18.2 Å². The van der Waals surface area contributed by atoms with E-state index in [1.165, 1.54) is 11.6 Å². The van der Waals surface area contributed by atoms with Gasteiger partial charge in [0.05, 0.1) is 12.2 Å². The molecule has 1 saturated heterocycles. The number of para-hydroxylation sites is 1. The lowest BCUT2D eigenvalue weighted by atomic mass is 10.1. The van der Waals surface area contributed by atoms with Gasteiger partial charge in [0, 0.05) is 26.2 Å². The maximum Gasteiger partial charge on any atom is 0.317 e. The van der Waals surface area contributed by atoms with E-state index in [0.717, 1.165) is 11.3 Å². The predicted molar refractivity (Wildman–Crippen MR) is 105 cm³/mol. The third-order valence-corrected chi connectivity index (χ3v) is 4.95. The first-order chi connectivity index (χ1) is 13.1. The standard InChI is InChI=1S/C21H26FN3O2/c1-16-6-5-9-20(17(16)2)27-15-10-23-21(26)25-13-11-24(12-14-25)19-8-4-3-7-18(19)22/h3-9H,10-15H2,1-2H3,(H,23,26). The van der Waals surface area contributed by atoms with Crippen molar-refractivity contribution in [3.63, 3.8) is 0 Å². The highest BCUT2D eigenvalue weighted by molar-refractivity contribution is 5.74. The van der Waals surface area contributed by atoms with E-state index in [1.807, 2.05) is 43.0 Å².